The molecule has 0 unspecified atom stereocenters. The first-order valence-electron chi connectivity index (χ1n) is 2.40. The minimum atomic E-state index is -1.27. The number of nitrogens with zero attached hydrogens (tertiary/aromatic N) is 1. The molecule has 0 aliphatic rings. The molecule has 0 aromatic heterocycles. The van der Waals surface area contributed by atoms with Crippen LogP contribution in [-0.2, 0) is 4.79 Å². The molecule has 58 valence electrons. The summed E-state index contributed by atoms with van der Waals surface area (Å²) in [6.45, 7) is -0.373. The maximum absolute atomic E-state index is 9.92. The van der Waals surface area contributed by atoms with Gasteiger partial charge < -0.3 is 10.8 Å². The zero-order valence-corrected chi connectivity index (χ0v) is 4.98. The molecule has 0 aromatic rings. The Labute approximate surface area is 55.9 Å². The zero-order chi connectivity index (χ0) is 8.15. The number of hydrogen-bond acceptors (Lipinski definition) is 4. The highest BCUT2D eigenvalue weighted by Crippen LogP contribution is 1.73. The summed E-state index contributed by atoms with van der Waals surface area (Å²) < 4.78 is 0. The second-order valence-corrected chi connectivity index (χ2v) is 1.56. The predicted molar refractivity (Wildman–Crippen MR) is 30.6 cm³/mol. The lowest BCUT2D eigenvalue weighted by Gasteiger charge is -2.01. The van der Waals surface area contributed by atoms with E-state index in [2.05, 4.69) is 0 Å². The number of nitrogens with two attached hydrogens (primary N) is 1. The van der Waals surface area contributed by atoms with E-state index in [1.807, 2.05) is 0 Å². The molecule has 0 radical (unpaired) electrons. The Hall–Kier alpha value is -1.37. The molecule has 4 N–H and O–H groups in total. The molecule has 0 rings (SSSR count). The third kappa shape index (κ3) is 3.61. The Morgan fingerprint density at radius 1 is 1.90 bits per heavy atom. The van der Waals surface area contributed by atoms with Crippen LogP contribution in [0.5, 0.6) is 0 Å². The number of carboxylic acid groups (broad SMARTS) is 1. The Bertz CT molecular complexity index is 147. The van der Waals surface area contributed by atoms with Crippen molar-refractivity contribution >= 4 is 5.97 Å². The van der Waals surface area contributed by atoms with Crippen LogP contribution in [-0.4, -0.2) is 28.7 Å². The van der Waals surface area contributed by atoms with E-state index in [4.69, 9.17) is 10.8 Å². The molecule has 0 spiro atoms. The van der Waals surface area contributed by atoms with Crippen LogP contribution in [0, 0.1) is 10.1 Å². The smallest absolute Gasteiger partial charge is 0.322 e. The largest absolute Gasteiger partial charge is 0.480 e. The van der Waals surface area contributed by atoms with Crippen LogP contribution in [0.25, 0.3) is 0 Å². The topological polar surface area (TPSA) is 118 Å². The number of rotatable bonds is 4. The maximum atomic E-state index is 9.92. The number of aliphatic carboxylic acids is 1. The lowest BCUT2D eigenvalue weighted by molar-refractivity contribution is -0.544. The van der Waals surface area contributed by atoms with Crippen molar-refractivity contribution in [1.29, 1.82) is 0 Å². The molecular formula is C3H7N3O4. The highest BCUT2D eigenvalue weighted by atomic mass is 16.7. The van der Waals surface area contributed by atoms with Gasteiger partial charge in [0.1, 0.15) is 12.6 Å². The molecule has 0 aliphatic heterocycles. The number of carboxylic acids is 1. The van der Waals surface area contributed by atoms with Crippen molar-refractivity contribution in [2.75, 3.05) is 6.54 Å². The van der Waals surface area contributed by atoms with Gasteiger partial charge in [-0.15, -0.1) is 5.43 Å². The van der Waals surface area contributed by atoms with E-state index in [9.17, 15) is 14.9 Å². The van der Waals surface area contributed by atoms with Gasteiger partial charge in [-0.05, 0) is 0 Å². The van der Waals surface area contributed by atoms with Gasteiger partial charge >= 0.3 is 5.97 Å². The van der Waals surface area contributed by atoms with Crippen molar-refractivity contribution < 1.29 is 14.9 Å². The molecule has 0 fully saturated rings. The average Bonchev–Trinajstić information content (AvgIpc) is 1.82. The lowest BCUT2D eigenvalue weighted by atomic mass is 10.3. The van der Waals surface area contributed by atoms with E-state index in [1.165, 1.54) is 0 Å². The SMILES string of the molecule is N[C@@H](CN[N+](=O)[O-])C(=O)O. The van der Waals surface area contributed by atoms with E-state index >= 15 is 0 Å². The molecule has 10 heavy (non-hydrogen) atoms. The number of hydrazine groups is 1. The molecular weight excluding hydrogens is 142 g/mol. The summed E-state index contributed by atoms with van der Waals surface area (Å²) in [5.41, 5.74) is 6.54. The first-order chi connectivity index (χ1) is 4.54. The second-order valence-electron chi connectivity index (χ2n) is 1.56. The molecule has 0 bridgehead atoms. The van der Waals surface area contributed by atoms with Crippen molar-refractivity contribution in [2.24, 2.45) is 5.73 Å². The fourth-order valence-corrected chi connectivity index (χ4v) is 0.260. The summed E-state index contributed by atoms with van der Waals surface area (Å²) in [5.74, 6) is -1.27. The van der Waals surface area contributed by atoms with Crippen molar-refractivity contribution in [3.8, 4) is 0 Å². The maximum Gasteiger partial charge on any atom is 0.322 e. The molecule has 1 atom stereocenters. The van der Waals surface area contributed by atoms with Crippen LogP contribution >= 0.6 is 0 Å². The van der Waals surface area contributed by atoms with E-state index in [0.717, 1.165) is 0 Å². The van der Waals surface area contributed by atoms with E-state index in [-0.39, 0.29) is 6.54 Å². The minimum absolute atomic E-state index is 0.373. The van der Waals surface area contributed by atoms with Crippen molar-refractivity contribution in [2.45, 2.75) is 6.04 Å². The van der Waals surface area contributed by atoms with Crippen molar-refractivity contribution in [1.82, 2.24) is 5.43 Å². The van der Waals surface area contributed by atoms with Gasteiger partial charge in [0.15, 0.2) is 5.03 Å². The molecule has 0 aromatic carbocycles. The zero-order valence-electron chi connectivity index (χ0n) is 4.98. The van der Waals surface area contributed by atoms with Gasteiger partial charge in [0.25, 0.3) is 0 Å². The summed E-state index contributed by atoms with van der Waals surface area (Å²) in [5, 5.41) is 16.8. The van der Waals surface area contributed by atoms with Crippen LogP contribution in [0.1, 0.15) is 0 Å². The molecule has 0 amide bonds. The molecule has 0 saturated heterocycles. The van der Waals surface area contributed by atoms with Gasteiger partial charge in [-0.25, -0.2) is 10.1 Å². The third-order valence-electron chi connectivity index (χ3n) is 0.757. The van der Waals surface area contributed by atoms with E-state index < -0.39 is 17.0 Å². The highest BCUT2D eigenvalue weighted by molar-refractivity contribution is 5.73. The molecule has 7 heteroatoms. The first-order valence-corrected chi connectivity index (χ1v) is 2.40. The summed E-state index contributed by atoms with van der Waals surface area (Å²) in [7, 11) is 0. The van der Waals surface area contributed by atoms with Gasteiger partial charge in [0.2, 0.25) is 0 Å². The predicted octanol–water partition coefficient (Wildman–Crippen LogP) is -1.82. The van der Waals surface area contributed by atoms with Crippen LogP contribution in [0.4, 0.5) is 0 Å². The molecule has 0 aliphatic carbocycles. The summed E-state index contributed by atoms with van der Waals surface area (Å²) in [6.07, 6.45) is 0. The van der Waals surface area contributed by atoms with E-state index in [1.54, 1.807) is 5.43 Å². The Kier molecular flexibility index (Phi) is 3.12. The van der Waals surface area contributed by atoms with E-state index in [0.29, 0.717) is 0 Å². The van der Waals surface area contributed by atoms with Gasteiger partial charge in [0, 0.05) is 0 Å². The standard InChI is InChI=1S/C3H7N3O4/c4-2(3(7)8)1-5-6(9)10/h2,5H,1,4H2,(H,7,8)/t2-/m0/s1. The summed E-state index contributed by atoms with van der Waals surface area (Å²) >= 11 is 0. The quantitative estimate of drug-likeness (QED) is 0.320. The Morgan fingerprint density at radius 2 is 2.40 bits per heavy atom. The number of hydrogen-bond donors (Lipinski definition) is 3. The van der Waals surface area contributed by atoms with Gasteiger partial charge in [0.05, 0.1) is 0 Å². The summed E-state index contributed by atoms with van der Waals surface area (Å²) in [4.78, 5) is 19.5. The first kappa shape index (κ1) is 8.63. The fourth-order valence-electron chi connectivity index (χ4n) is 0.260. The second kappa shape index (κ2) is 3.62. The molecule has 0 saturated carbocycles. The van der Waals surface area contributed by atoms with Crippen LogP contribution in [0.2, 0.25) is 0 Å². The summed E-state index contributed by atoms with van der Waals surface area (Å²) in [6, 6.07) is -1.23. The number of carbonyl (C=O) groups is 1. The van der Waals surface area contributed by atoms with Crippen molar-refractivity contribution in [3.63, 3.8) is 0 Å². The minimum Gasteiger partial charge on any atom is -0.480 e. The van der Waals surface area contributed by atoms with Gasteiger partial charge in [-0.3, -0.25) is 4.79 Å². The molecule has 0 heterocycles. The van der Waals surface area contributed by atoms with Crippen LogP contribution in [0.15, 0.2) is 0 Å². The van der Waals surface area contributed by atoms with Crippen LogP contribution in [0.3, 0.4) is 0 Å². The van der Waals surface area contributed by atoms with Gasteiger partial charge in [-0.2, -0.15) is 0 Å². The van der Waals surface area contributed by atoms with Crippen molar-refractivity contribution in [3.05, 3.63) is 10.1 Å². The highest BCUT2D eigenvalue weighted by Gasteiger charge is 2.12. The van der Waals surface area contributed by atoms with Crippen LogP contribution < -0.4 is 11.2 Å². The lowest BCUT2D eigenvalue weighted by Crippen LogP contribution is -2.42. The monoisotopic (exact) mass is 149 g/mol. The average molecular weight is 149 g/mol. The fraction of sp³-hybridized carbons (Fsp3) is 0.667. The van der Waals surface area contributed by atoms with Gasteiger partial charge in [-0.1, -0.05) is 0 Å². The number of nitrogens with one attached hydrogen (secondary N) is 1. The number of nitro groups is 1. The normalized spacial score (nSPS) is 12.1. The third-order valence-corrected chi connectivity index (χ3v) is 0.757. The molecule has 7 nitrogen and oxygen atoms in total. The Morgan fingerprint density at radius 3 is 2.70 bits per heavy atom. The Balaban J connectivity index is 3.49.